The fraction of sp³-hybridized carbons (Fsp3) is 0.800. The number of aliphatic hydroxyl groups excluding tert-OH is 1. The molecule has 1 heterocycles. The van der Waals surface area contributed by atoms with Crippen molar-refractivity contribution < 1.29 is 9.53 Å². The summed E-state index contributed by atoms with van der Waals surface area (Å²) in [6.45, 7) is 1.06. The largest absolute Gasteiger partial charge is 0.443 e. The average molecular weight is 145 g/mol. The summed E-state index contributed by atoms with van der Waals surface area (Å²) >= 11 is 0. The molecule has 1 fully saturated rings. The number of hydrogen-bond acceptors (Lipinski definition) is 3. The molecule has 0 saturated carbocycles. The molecule has 1 N–H and O–H groups in total. The molecule has 1 aliphatic rings. The van der Waals surface area contributed by atoms with Crippen LogP contribution in [0.1, 0.15) is 12.8 Å². The Hall–Kier alpha value is -0.533. The summed E-state index contributed by atoms with van der Waals surface area (Å²) < 4.78 is 5.21. The fourth-order valence-electron chi connectivity index (χ4n) is 0.687. The van der Waals surface area contributed by atoms with Gasteiger partial charge in [0.05, 0.1) is 0 Å². The van der Waals surface area contributed by atoms with Crippen LogP contribution in [0.5, 0.6) is 0 Å². The van der Waals surface area contributed by atoms with Crippen LogP contribution < -0.4 is 0 Å². The van der Waals surface area contributed by atoms with E-state index in [1.54, 1.807) is 0 Å². The molecule has 0 bridgehead atoms. The minimum Gasteiger partial charge on any atom is -0.443 e. The highest BCUT2D eigenvalue weighted by atomic mass is 28.2. The number of rotatable bonds is 0. The molecule has 52 valence electrons. The zero-order chi connectivity index (χ0) is 6.95. The first kappa shape index (κ1) is 8.47. The number of nitrogens with zero attached hydrogens (tertiary/aromatic N) is 1. The fourth-order valence-corrected chi connectivity index (χ4v) is 1.86. The van der Waals surface area contributed by atoms with Gasteiger partial charge in [-0.2, -0.15) is 5.26 Å². The van der Waals surface area contributed by atoms with E-state index in [1.807, 2.05) is 0 Å². The monoisotopic (exact) mass is 145 g/mol. The molecular weight excluding hydrogens is 134 g/mol. The standard InChI is InChI=1S/C4H10OSi.CHNO/c1-2-4-6-5-3-1;2-1-3/h1-4,6H2;3H. The maximum absolute atomic E-state index is 6.88. The number of hydrogen-bond donors (Lipinski definition) is 1. The highest BCUT2D eigenvalue weighted by Crippen LogP contribution is 2.01. The molecular formula is C5H11NO2Si. The quantitative estimate of drug-likeness (QED) is 0.389. The van der Waals surface area contributed by atoms with E-state index in [9.17, 15) is 0 Å². The van der Waals surface area contributed by atoms with Crippen LogP contribution in [0, 0.1) is 11.5 Å². The summed E-state index contributed by atoms with van der Waals surface area (Å²) in [5.74, 6) is 0. The lowest BCUT2D eigenvalue weighted by molar-refractivity contribution is 0.304. The second kappa shape index (κ2) is 7.47. The minimum absolute atomic E-state index is 0.00849. The third-order valence-corrected chi connectivity index (χ3v) is 2.44. The zero-order valence-corrected chi connectivity index (χ0v) is 6.75. The third-order valence-electron chi connectivity index (χ3n) is 1.08. The van der Waals surface area contributed by atoms with Crippen molar-refractivity contribution in [1.29, 1.82) is 5.26 Å². The van der Waals surface area contributed by atoms with Gasteiger partial charge in [0.1, 0.15) is 0 Å². The molecule has 0 aromatic carbocycles. The van der Waals surface area contributed by atoms with Crippen molar-refractivity contribution in [1.82, 2.24) is 0 Å². The molecule has 0 amide bonds. The second-order valence-electron chi connectivity index (χ2n) is 1.77. The van der Waals surface area contributed by atoms with Crippen LogP contribution in [-0.4, -0.2) is 21.5 Å². The first-order valence-corrected chi connectivity index (χ1v) is 4.60. The SMILES string of the molecule is C1CC[SiH2]OC1.N#CO. The summed E-state index contributed by atoms with van der Waals surface area (Å²) in [5, 5.41) is 13.8. The first-order chi connectivity index (χ1) is 4.41. The van der Waals surface area contributed by atoms with Crippen molar-refractivity contribution in [2.75, 3.05) is 6.61 Å². The maximum Gasteiger partial charge on any atom is 0.283 e. The predicted molar refractivity (Wildman–Crippen MR) is 36.1 cm³/mol. The normalized spacial score (nSPS) is 19.4. The van der Waals surface area contributed by atoms with Gasteiger partial charge in [-0.3, -0.25) is 0 Å². The molecule has 0 aliphatic carbocycles. The van der Waals surface area contributed by atoms with Gasteiger partial charge in [-0.1, -0.05) is 6.42 Å². The van der Waals surface area contributed by atoms with E-state index < -0.39 is 0 Å². The van der Waals surface area contributed by atoms with Crippen molar-refractivity contribution in [2.45, 2.75) is 18.9 Å². The molecule has 1 saturated heterocycles. The molecule has 4 heteroatoms. The van der Waals surface area contributed by atoms with Crippen LogP contribution in [0.2, 0.25) is 6.04 Å². The molecule has 1 rings (SSSR count). The molecule has 0 unspecified atom stereocenters. The minimum atomic E-state index is 0.00849. The molecule has 0 atom stereocenters. The lowest BCUT2D eigenvalue weighted by Crippen LogP contribution is -2.06. The number of nitriles is 1. The van der Waals surface area contributed by atoms with E-state index in [0.717, 1.165) is 12.9 Å². The van der Waals surface area contributed by atoms with Crippen molar-refractivity contribution in [3.05, 3.63) is 0 Å². The Balaban J connectivity index is 0.000000187. The maximum atomic E-state index is 6.88. The van der Waals surface area contributed by atoms with Crippen LogP contribution in [-0.2, 0) is 4.43 Å². The molecule has 0 spiro atoms. The van der Waals surface area contributed by atoms with Crippen molar-refractivity contribution in [3.63, 3.8) is 0 Å². The highest BCUT2D eigenvalue weighted by Gasteiger charge is 1.96. The Morgan fingerprint density at radius 1 is 1.56 bits per heavy atom. The van der Waals surface area contributed by atoms with Gasteiger partial charge >= 0.3 is 0 Å². The van der Waals surface area contributed by atoms with Gasteiger partial charge in [0.15, 0.2) is 9.76 Å². The Morgan fingerprint density at radius 2 is 2.22 bits per heavy atom. The lowest BCUT2D eigenvalue weighted by Gasteiger charge is -2.07. The number of aliphatic hydroxyl groups is 1. The molecule has 1 aliphatic heterocycles. The van der Waals surface area contributed by atoms with Crippen molar-refractivity contribution >= 4 is 9.76 Å². The molecule has 0 radical (unpaired) electrons. The van der Waals surface area contributed by atoms with Crippen LogP contribution >= 0.6 is 0 Å². The summed E-state index contributed by atoms with van der Waals surface area (Å²) in [4.78, 5) is 0. The summed E-state index contributed by atoms with van der Waals surface area (Å²) in [6, 6.07) is 1.42. The van der Waals surface area contributed by atoms with E-state index in [2.05, 4.69) is 0 Å². The second-order valence-corrected chi connectivity index (χ2v) is 3.30. The van der Waals surface area contributed by atoms with Crippen LogP contribution in [0.3, 0.4) is 0 Å². The van der Waals surface area contributed by atoms with E-state index in [-0.39, 0.29) is 9.76 Å². The van der Waals surface area contributed by atoms with Crippen LogP contribution in [0.25, 0.3) is 0 Å². The van der Waals surface area contributed by atoms with E-state index in [1.165, 1.54) is 18.9 Å². The van der Waals surface area contributed by atoms with Gasteiger partial charge in [-0.05, 0) is 12.5 Å². The summed E-state index contributed by atoms with van der Waals surface area (Å²) in [6.07, 6.45) is 3.50. The molecule has 0 aromatic heterocycles. The zero-order valence-electron chi connectivity index (χ0n) is 5.34. The lowest BCUT2D eigenvalue weighted by atomic mass is 10.4. The smallest absolute Gasteiger partial charge is 0.283 e. The molecule has 0 aromatic rings. The van der Waals surface area contributed by atoms with E-state index in [0.29, 0.717) is 0 Å². The highest BCUT2D eigenvalue weighted by molar-refractivity contribution is 6.27. The van der Waals surface area contributed by atoms with E-state index in [4.69, 9.17) is 14.8 Å². The predicted octanol–water partition coefficient (Wildman–Crippen LogP) is 0.139. The van der Waals surface area contributed by atoms with Gasteiger partial charge in [-0.15, -0.1) is 0 Å². The average Bonchev–Trinajstić information content (AvgIpc) is 1.93. The Morgan fingerprint density at radius 3 is 2.33 bits per heavy atom. The van der Waals surface area contributed by atoms with Gasteiger partial charge in [-0.25, -0.2) is 0 Å². The summed E-state index contributed by atoms with van der Waals surface area (Å²) in [7, 11) is 0.00849. The molecule has 3 nitrogen and oxygen atoms in total. The summed E-state index contributed by atoms with van der Waals surface area (Å²) in [5.41, 5.74) is 0. The topological polar surface area (TPSA) is 53.2 Å². The Bertz CT molecular complexity index is 75.9. The van der Waals surface area contributed by atoms with Gasteiger partial charge in [0.25, 0.3) is 6.26 Å². The van der Waals surface area contributed by atoms with Gasteiger partial charge < -0.3 is 9.53 Å². The van der Waals surface area contributed by atoms with Gasteiger partial charge in [0, 0.05) is 6.61 Å². The van der Waals surface area contributed by atoms with Crippen molar-refractivity contribution in [2.24, 2.45) is 0 Å². The van der Waals surface area contributed by atoms with Crippen LogP contribution in [0.4, 0.5) is 0 Å². The molecule has 9 heavy (non-hydrogen) atoms. The Kier molecular flexibility index (Phi) is 7.02. The van der Waals surface area contributed by atoms with E-state index >= 15 is 0 Å². The first-order valence-electron chi connectivity index (χ1n) is 3.02. The van der Waals surface area contributed by atoms with Crippen LogP contribution in [0.15, 0.2) is 0 Å². The van der Waals surface area contributed by atoms with Crippen molar-refractivity contribution in [3.8, 4) is 6.26 Å². The third kappa shape index (κ3) is 7.47. The van der Waals surface area contributed by atoms with Gasteiger partial charge in [0.2, 0.25) is 0 Å². The Labute approximate surface area is 57.2 Å².